The number of aromatic nitrogens is 2. The molecule has 0 spiro atoms. The average molecular weight is 215 g/mol. The Morgan fingerprint density at radius 1 is 1.53 bits per heavy atom. The Bertz CT molecular complexity index is 299. The molecule has 0 bridgehead atoms. The van der Waals surface area contributed by atoms with Gasteiger partial charge in [-0.05, 0) is 13.8 Å². The minimum Gasteiger partial charge on any atom is -0.379 e. The van der Waals surface area contributed by atoms with Gasteiger partial charge in [0.05, 0.1) is 6.61 Å². The normalized spacial score (nSPS) is 15.2. The lowest BCUT2D eigenvalue weighted by atomic mass is 10.1. The van der Waals surface area contributed by atoms with Crippen LogP contribution in [-0.4, -0.2) is 30.5 Å². The third-order valence-corrected chi connectivity index (χ3v) is 1.85. The van der Waals surface area contributed by atoms with Crippen LogP contribution in [0.1, 0.15) is 25.6 Å². The maximum Gasteiger partial charge on any atom is 0.252 e. The van der Waals surface area contributed by atoms with Gasteiger partial charge in [-0.1, -0.05) is 5.16 Å². The fourth-order valence-corrected chi connectivity index (χ4v) is 1.05. The highest BCUT2D eigenvalue weighted by molar-refractivity contribution is 5.01. The Labute approximate surface area is 88.7 Å². The highest BCUT2D eigenvalue weighted by Crippen LogP contribution is 2.14. The number of rotatable bonds is 6. The third-order valence-electron chi connectivity index (χ3n) is 1.85. The van der Waals surface area contributed by atoms with E-state index in [1.54, 1.807) is 14.0 Å². The molecule has 1 heterocycles. The van der Waals surface area contributed by atoms with Crippen molar-refractivity contribution in [3.8, 4) is 0 Å². The smallest absolute Gasteiger partial charge is 0.252 e. The predicted molar refractivity (Wildman–Crippen MR) is 53.0 cm³/mol. The van der Waals surface area contributed by atoms with Crippen LogP contribution in [0.15, 0.2) is 4.52 Å². The summed E-state index contributed by atoms with van der Waals surface area (Å²) in [7, 11) is 1.56. The zero-order chi connectivity index (χ0) is 11.3. The first-order chi connectivity index (χ1) is 7.10. The molecule has 0 aliphatic carbocycles. The zero-order valence-electron chi connectivity index (χ0n) is 9.32. The summed E-state index contributed by atoms with van der Waals surface area (Å²) in [6, 6.07) is 0. The van der Waals surface area contributed by atoms with Crippen LogP contribution in [0.3, 0.4) is 0 Å². The van der Waals surface area contributed by atoms with Gasteiger partial charge in [0.25, 0.3) is 5.89 Å². The number of nitrogens with zero attached hydrogens (tertiary/aromatic N) is 2. The molecule has 0 aromatic carbocycles. The highest BCUT2D eigenvalue weighted by Gasteiger charge is 2.27. The minimum absolute atomic E-state index is 0.289. The van der Waals surface area contributed by atoms with E-state index < -0.39 is 5.54 Å². The van der Waals surface area contributed by atoms with E-state index in [1.807, 2.05) is 6.92 Å². The van der Waals surface area contributed by atoms with Crippen molar-refractivity contribution in [3.63, 3.8) is 0 Å². The minimum atomic E-state index is -0.731. The van der Waals surface area contributed by atoms with Crippen LogP contribution >= 0.6 is 0 Å². The zero-order valence-corrected chi connectivity index (χ0v) is 9.32. The monoisotopic (exact) mass is 215 g/mol. The Balaban J connectivity index is 2.67. The van der Waals surface area contributed by atoms with Crippen LogP contribution < -0.4 is 5.73 Å². The number of hydrogen-bond donors (Lipinski definition) is 1. The molecule has 1 aromatic rings. The maximum absolute atomic E-state index is 5.98. The lowest BCUT2D eigenvalue weighted by Crippen LogP contribution is -2.39. The number of ether oxygens (including phenoxy) is 2. The van der Waals surface area contributed by atoms with Crippen molar-refractivity contribution in [2.45, 2.75) is 26.0 Å². The van der Waals surface area contributed by atoms with Crippen LogP contribution in [-0.2, 0) is 21.6 Å². The summed E-state index contributed by atoms with van der Waals surface area (Å²) in [6.45, 7) is 4.95. The van der Waals surface area contributed by atoms with Gasteiger partial charge in [0, 0.05) is 13.7 Å². The van der Waals surface area contributed by atoms with Crippen molar-refractivity contribution >= 4 is 0 Å². The van der Waals surface area contributed by atoms with E-state index in [9.17, 15) is 0 Å². The van der Waals surface area contributed by atoms with Crippen molar-refractivity contribution in [2.75, 3.05) is 20.3 Å². The largest absolute Gasteiger partial charge is 0.379 e. The quantitative estimate of drug-likeness (QED) is 0.740. The van der Waals surface area contributed by atoms with E-state index in [2.05, 4.69) is 10.1 Å². The van der Waals surface area contributed by atoms with E-state index in [0.29, 0.717) is 24.9 Å². The van der Waals surface area contributed by atoms with Gasteiger partial charge in [0.2, 0.25) is 0 Å². The summed E-state index contributed by atoms with van der Waals surface area (Å²) in [5.41, 5.74) is 5.25. The predicted octanol–water partition coefficient (Wildman–Crippen LogP) is 0.426. The van der Waals surface area contributed by atoms with Gasteiger partial charge < -0.3 is 19.7 Å². The van der Waals surface area contributed by atoms with Crippen LogP contribution in [0.2, 0.25) is 0 Å². The topological polar surface area (TPSA) is 83.4 Å². The maximum atomic E-state index is 5.98. The second-order valence-corrected chi connectivity index (χ2v) is 3.50. The van der Waals surface area contributed by atoms with Gasteiger partial charge in [-0.25, -0.2) is 0 Å². The Morgan fingerprint density at radius 2 is 2.27 bits per heavy atom. The number of hydrogen-bond acceptors (Lipinski definition) is 6. The fraction of sp³-hybridized carbons (Fsp3) is 0.778. The van der Waals surface area contributed by atoms with Crippen molar-refractivity contribution in [1.29, 1.82) is 0 Å². The van der Waals surface area contributed by atoms with Crippen LogP contribution in [0.25, 0.3) is 0 Å². The summed E-state index contributed by atoms with van der Waals surface area (Å²) in [4.78, 5) is 4.12. The SMILES string of the molecule is CCOCC(C)(N)c1noc(COC)n1. The molecule has 6 nitrogen and oxygen atoms in total. The molecule has 0 saturated carbocycles. The first-order valence-corrected chi connectivity index (χ1v) is 4.78. The fourth-order valence-electron chi connectivity index (χ4n) is 1.05. The summed E-state index contributed by atoms with van der Waals surface area (Å²) >= 11 is 0. The second kappa shape index (κ2) is 5.20. The van der Waals surface area contributed by atoms with Gasteiger partial charge in [-0.2, -0.15) is 4.98 Å². The Hall–Kier alpha value is -0.980. The molecular formula is C9H17N3O3. The average Bonchev–Trinajstić information content (AvgIpc) is 2.65. The van der Waals surface area contributed by atoms with E-state index in [-0.39, 0.29) is 6.61 Å². The standard InChI is InChI=1S/C9H17N3O3/c1-4-14-6-9(2,10)8-11-7(5-13-3)15-12-8/h4-6,10H2,1-3H3. The van der Waals surface area contributed by atoms with Crippen molar-refractivity contribution in [2.24, 2.45) is 5.73 Å². The highest BCUT2D eigenvalue weighted by atomic mass is 16.5. The lowest BCUT2D eigenvalue weighted by molar-refractivity contribution is 0.0962. The molecule has 0 aliphatic heterocycles. The van der Waals surface area contributed by atoms with Crippen LogP contribution in [0.5, 0.6) is 0 Å². The summed E-state index contributed by atoms with van der Waals surface area (Å²) in [5.74, 6) is 0.851. The molecule has 0 fully saturated rings. The molecule has 0 radical (unpaired) electrons. The Morgan fingerprint density at radius 3 is 2.87 bits per heavy atom. The first-order valence-electron chi connectivity index (χ1n) is 4.78. The molecule has 0 saturated heterocycles. The molecule has 2 N–H and O–H groups in total. The molecule has 0 amide bonds. The molecule has 1 unspecified atom stereocenters. The number of nitrogens with two attached hydrogens (primary N) is 1. The van der Waals surface area contributed by atoms with Gasteiger partial charge in [0.1, 0.15) is 12.1 Å². The van der Waals surface area contributed by atoms with Crippen molar-refractivity contribution in [1.82, 2.24) is 10.1 Å². The van der Waals surface area contributed by atoms with Crippen LogP contribution in [0.4, 0.5) is 0 Å². The van der Waals surface area contributed by atoms with Gasteiger partial charge in [0.15, 0.2) is 5.82 Å². The molecule has 0 aliphatic rings. The molecule has 15 heavy (non-hydrogen) atoms. The third kappa shape index (κ3) is 3.26. The van der Waals surface area contributed by atoms with Gasteiger partial charge >= 0.3 is 0 Å². The van der Waals surface area contributed by atoms with E-state index in [0.717, 1.165) is 0 Å². The summed E-state index contributed by atoms with van der Waals surface area (Å²) < 4.78 is 15.1. The summed E-state index contributed by atoms with van der Waals surface area (Å²) in [5, 5.41) is 3.79. The molecule has 1 rings (SSSR count). The van der Waals surface area contributed by atoms with E-state index in [4.69, 9.17) is 19.7 Å². The van der Waals surface area contributed by atoms with E-state index >= 15 is 0 Å². The number of methoxy groups -OCH3 is 1. The molecular weight excluding hydrogens is 198 g/mol. The molecule has 1 atom stereocenters. The molecule has 6 heteroatoms. The second-order valence-electron chi connectivity index (χ2n) is 3.50. The lowest BCUT2D eigenvalue weighted by Gasteiger charge is -2.19. The summed E-state index contributed by atoms with van der Waals surface area (Å²) in [6.07, 6.45) is 0. The van der Waals surface area contributed by atoms with Gasteiger partial charge in [-0.15, -0.1) is 0 Å². The van der Waals surface area contributed by atoms with Crippen molar-refractivity contribution < 1.29 is 14.0 Å². The first kappa shape index (κ1) is 12.1. The Kier molecular flexibility index (Phi) is 4.19. The van der Waals surface area contributed by atoms with Crippen LogP contribution in [0, 0.1) is 0 Å². The van der Waals surface area contributed by atoms with E-state index in [1.165, 1.54) is 0 Å². The molecule has 1 aromatic heterocycles. The van der Waals surface area contributed by atoms with Gasteiger partial charge in [-0.3, -0.25) is 0 Å². The molecule has 86 valence electrons. The van der Waals surface area contributed by atoms with Crippen molar-refractivity contribution in [3.05, 3.63) is 11.7 Å².